The molecular formula is C19H16FN5. The summed E-state index contributed by atoms with van der Waals surface area (Å²) in [5.41, 5.74) is 4.05. The monoisotopic (exact) mass is 333 g/mol. The summed E-state index contributed by atoms with van der Waals surface area (Å²) in [7, 11) is 0. The zero-order chi connectivity index (χ0) is 17.1. The second-order valence-corrected chi connectivity index (χ2v) is 5.63. The van der Waals surface area contributed by atoms with Crippen molar-refractivity contribution in [1.29, 1.82) is 0 Å². The molecule has 0 atom stereocenters. The molecule has 0 fully saturated rings. The van der Waals surface area contributed by atoms with Crippen LogP contribution in [0.4, 0.5) is 10.1 Å². The summed E-state index contributed by atoms with van der Waals surface area (Å²) >= 11 is 0. The minimum Gasteiger partial charge on any atom is -0.379 e. The molecule has 2 heterocycles. The molecule has 0 amide bonds. The van der Waals surface area contributed by atoms with Crippen LogP contribution in [0.3, 0.4) is 0 Å². The molecule has 6 heteroatoms. The first-order valence-corrected chi connectivity index (χ1v) is 7.91. The van der Waals surface area contributed by atoms with E-state index in [1.54, 1.807) is 29.4 Å². The van der Waals surface area contributed by atoms with E-state index in [1.165, 1.54) is 6.07 Å². The summed E-state index contributed by atoms with van der Waals surface area (Å²) in [6.07, 6.45) is 4.90. The van der Waals surface area contributed by atoms with Crippen molar-refractivity contribution in [2.45, 2.75) is 6.54 Å². The topological polar surface area (TPSA) is 58.5 Å². The van der Waals surface area contributed by atoms with Gasteiger partial charge in [0.25, 0.3) is 0 Å². The van der Waals surface area contributed by atoms with Gasteiger partial charge in [-0.2, -0.15) is 5.10 Å². The summed E-state index contributed by atoms with van der Waals surface area (Å²) < 4.78 is 15.9. The molecule has 2 aromatic heterocycles. The fraction of sp³-hybridized carbons (Fsp3) is 0.0526. The highest BCUT2D eigenvalue weighted by Crippen LogP contribution is 2.20. The number of halogens is 1. The molecule has 2 N–H and O–H groups in total. The van der Waals surface area contributed by atoms with E-state index in [0.717, 1.165) is 17.0 Å². The van der Waals surface area contributed by atoms with E-state index in [1.807, 2.05) is 42.5 Å². The maximum absolute atomic E-state index is 14.3. The van der Waals surface area contributed by atoms with Gasteiger partial charge in [0, 0.05) is 23.6 Å². The van der Waals surface area contributed by atoms with Crippen molar-refractivity contribution in [2.75, 3.05) is 5.32 Å². The minimum atomic E-state index is -0.308. The van der Waals surface area contributed by atoms with Crippen LogP contribution in [0.2, 0.25) is 0 Å². The Kier molecular flexibility index (Phi) is 4.00. The van der Waals surface area contributed by atoms with Gasteiger partial charge in [0.1, 0.15) is 5.82 Å². The predicted octanol–water partition coefficient (Wildman–Crippen LogP) is 4.01. The number of rotatable bonds is 5. The molecule has 0 spiro atoms. The highest BCUT2D eigenvalue weighted by molar-refractivity contribution is 5.59. The van der Waals surface area contributed by atoms with Crippen LogP contribution in [-0.2, 0) is 6.54 Å². The molecule has 4 rings (SSSR count). The normalized spacial score (nSPS) is 10.8. The summed E-state index contributed by atoms with van der Waals surface area (Å²) in [6, 6.07) is 17.0. The number of anilines is 1. The molecule has 0 aliphatic heterocycles. The Balaban J connectivity index is 1.45. The van der Waals surface area contributed by atoms with Gasteiger partial charge < -0.3 is 9.88 Å². The third-order valence-corrected chi connectivity index (χ3v) is 3.91. The number of nitrogens with one attached hydrogen (secondary N) is 2. The molecular weight excluding hydrogens is 317 g/mol. The lowest BCUT2D eigenvalue weighted by Gasteiger charge is -2.08. The van der Waals surface area contributed by atoms with E-state index < -0.39 is 0 Å². The maximum atomic E-state index is 14.3. The van der Waals surface area contributed by atoms with Crippen LogP contribution in [0.25, 0.3) is 16.9 Å². The first-order valence-electron chi connectivity index (χ1n) is 7.91. The standard InChI is InChI=1S/C19H16FN5/c20-17-10-15(6-7-19(17)25-9-8-21-13-25)22-12-16-11-18(24-23-16)14-4-2-1-3-5-14/h1-11,13,22H,12H2,(H,23,24). The largest absolute Gasteiger partial charge is 0.379 e. The number of aromatic amines is 1. The number of H-pyrrole nitrogens is 1. The second kappa shape index (κ2) is 6.60. The average molecular weight is 333 g/mol. The fourth-order valence-corrected chi connectivity index (χ4v) is 2.63. The Morgan fingerprint density at radius 2 is 1.96 bits per heavy atom. The van der Waals surface area contributed by atoms with Crippen molar-refractivity contribution >= 4 is 5.69 Å². The minimum absolute atomic E-state index is 0.308. The summed E-state index contributed by atoms with van der Waals surface area (Å²) in [5, 5.41) is 10.5. The van der Waals surface area contributed by atoms with Crippen LogP contribution in [-0.4, -0.2) is 19.7 Å². The van der Waals surface area contributed by atoms with Gasteiger partial charge in [-0.15, -0.1) is 0 Å². The Labute approximate surface area is 144 Å². The first-order chi connectivity index (χ1) is 12.3. The summed E-state index contributed by atoms with van der Waals surface area (Å²) in [5.74, 6) is -0.308. The second-order valence-electron chi connectivity index (χ2n) is 5.63. The Morgan fingerprint density at radius 3 is 2.72 bits per heavy atom. The van der Waals surface area contributed by atoms with E-state index >= 15 is 0 Å². The van der Waals surface area contributed by atoms with Crippen LogP contribution >= 0.6 is 0 Å². The number of aromatic nitrogens is 4. The van der Waals surface area contributed by atoms with Gasteiger partial charge in [-0.05, 0) is 24.3 Å². The zero-order valence-corrected chi connectivity index (χ0v) is 13.4. The molecule has 0 bridgehead atoms. The number of hydrogen-bond acceptors (Lipinski definition) is 3. The molecule has 0 saturated heterocycles. The highest BCUT2D eigenvalue weighted by atomic mass is 19.1. The lowest BCUT2D eigenvalue weighted by Crippen LogP contribution is -2.02. The van der Waals surface area contributed by atoms with E-state index in [0.29, 0.717) is 17.9 Å². The highest BCUT2D eigenvalue weighted by Gasteiger charge is 2.07. The third kappa shape index (κ3) is 3.28. The fourth-order valence-electron chi connectivity index (χ4n) is 2.63. The van der Waals surface area contributed by atoms with Gasteiger partial charge in [0.15, 0.2) is 0 Å². The molecule has 0 aliphatic rings. The lowest BCUT2D eigenvalue weighted by atomic mass is 10.1. The molecule has 0 radical (unpaired) electrons. The van der Waals surface area contributed by atoms with Crippen LogP contribution in [0.5, 0.6) is 0 Å². The van der Waals surface area contributed by atoms with E-state index in [9.17, 15) is 4.39 Å². The SMILES string of the molecule is Fc1cc(NCc2cc(-c3ccccc3)n[nH]2)ccc1-n1ccnc1. The molecule has 5 nitrogen and oxygen atoms in total. The van der Waals surface area contributed by atoms with Gasteiger partial charge in [0.2, 0.25) is 0 Å². The lowest BCUT2D eigenvalue weighted by molar-refractivity contribution is 0.618. The molecule has 25 heavy (non-hydrogen) atoms. The smallest absolute Gasteiger partial charge is 0.149 e. The van der Waals surface area contributed by atoms with Gasteiger partial charge in [-0.1, -0.05) is 30.3 Å². The van der Waals surface area contributed by atoms with Crippen LogP contribution < -0.4 is 5.32 Å². The van der Waals surface area contributed by atoms with Crippen molar-refractivity contribution in [3.8, 4) is 16.9 Å². The predicted molar refractivity (Wildman–Crippen MR) is 94.9 cm³/mol. The van der Waals surface area contributed by atoms with Crippen LogP contribution in [0.15, 0.2) is 73.3 Å². The van der Waals surface area contributed by atoms with Gasteiger partial charge in [0.05, 0.1) is 29.9 Å². The Morgan fingerprint density at radius 1 is 1.08 bits per heavy atom. The van der Waals surface area contributed by atoms with Crippen LogP contribution in [0, 0.1) is 5.82 Å². The maximum Gasteiger partial charge on any atom is 0.149 e. The van der Waals surface area contributed by atoms with Crippen molar-refractivity contribution < 1.29 is 4.39 Å². The summed E-state index contributed by atoms with van der Waals surface area (Å²) in [6.45, 7) is 0.531. The Bertz CT molecular complexity index is 961. The number of imidazole rings is 1. The van der Waals surface area contributed by atoms with E-state index in [-0.39, 0.29) is 5.82 Å². The number of hydrogen-bond donors (Lipinski definition) is 2. The van der Waals surface area contributed by atoms with E-state index in [4.69, 9.17) is 0 Å². The van der Waals surface area contributed by atoms with Gasteiger partial charge >= 0.3 is 0 Å². The van der Waals surface area contributed by atoms with Crippen molar-refractivity contribution in [3.63, 3.8) is 0 Å². The van der Waals surface area contributed by atoms with Crippen molar-refractivity contribution in [2.24, 2.45) is 0 Å². The number of benzene rings is 2. The molecule has 124 valence electrons. The zero-order valence-electron chi connectivity index (χ0n) is 13.4. The van der Waals surface area contributed by atoms with Gasteiger partial charge in [-0.25, -0.2) is 9.37 Å². The van der Waals surface area contributed by atoms with E-state index in [2.05, 4.69) is 20.5 Å². The molecule has 0 unspecified atom stereocenters. The average Bonchev–Trinajstić information content (AvgIpc) is 3.33. The molecule has 0 aliphatic carbocycles. The third-order valence-electron chi connectivity index (χ3n) is 3.91. The molecule has 2 aromatic carbocycles. The Hall–Kier alpha value is -3.41. The van der Waals surface area contributed by atoms with Crippen molar-refractivity contribution in [1.82, 2.24) is 19.7 Å². The molecule has 4 aromatic rings. The van der Waals surface area contributed by atoms with Gasteiger partial charge in [-0.3, -0.25) is 5.10 Å². The van der Waals surface area contributed by atoms with Crippen molar-refractivity contribution in [3.05, 3.63) is 84.8 Å². The summed E-state index contributed by atoms with van der Waals surface area (Å²) in [4.78, 5) is 3.93. The first kappa shape index (κ1) is 15.1. The molecule has 0 saturated carbocycles. The van der Waals surface area contributed by atoms with Crippen LogP contribution in [0.1, 0.15) is 5.69 Å². The quantitative estimate of drug-likeness (QED) is 0.580. The number of nitrogens with zero attached hydrogens (tertiary/aromatic N) is 3.